The quantitative estimate of drug-likeness (QED) is 0.512. The highest BCUT2D eigenvalue weighted by atomic mass is 32.1. The summed E-state index contributed by atoms with van der Waals surface area (Å²) < 4.78 is 0. The van der Waals surface area contributed by atoms with Crippen molar-refractivity contribution in [1.82, 2.24) is 5.32 Å². The van der Waals surface area contributed by atoms with Crippen LogP contribution in [-0.4, -0.2) is 11.5 Å². The third-order valence-electron chi connectivity index (χ3n) is 1.55. The predicted molar refractivity (Wildman–Crippen MR) is 54.8 cm³/mol. The van der Waals surface area contributed by atoms with E-state index in [-0.39, 0.29) is 0 Å². The lowest BCUT2D eigenvalue weighted by atomic mass is 10.1. The molecule has 0 bridgehead atoms. The van der Waals surface area contributed by atoms with Crippen LogP contribution in [0.25, 0.3) is 0 Å². The van der Waals surface area contributed by atoms with E-state index < -0.39 is 0 Å². The van der Waals surface area contributed by atoms with Gasteiger partial charge >= 0.3 is 0 Å². The summed E-state index contributed by atoms with van der Waals surface area (Å²) >= 11 is 4.68. The van der Waals surface area contributed by atoms with Gasteiger partial charge in [0.05, 0.1) is 5.49 Å². The smallest absolute Gasteiger partial charge is 0.0619 e. The Morgan fingerprint density at radius 1 is 1.55 bits per heavy atom. The molecule has 62 valence electrons. The van der Waals surface area contributed by atoms with Gasteiger partial charge in [-0.2, -0.15) is 0 Å². The second kappa shape index (κ2) is 6.10. The number of hydrogen-bond acceptors (Lipinski definition) is 1. The molecule has 0 aliphatic rings. The molecule has 0 heterocycles. The predicted octanol–water partition coefficient (Wildman–Crippen LogP) is 2.44. The third-order valence-corrected chi connectivity index (χ3v) is 1.69. The van der Waals surface area contributed by atoms with E-state index in [2.05, 4.69) is 37.5 Å². The van der Waals surface area contributed by atoms with Gasteiger partial charge in [0.15, 0.2) is 0 Å². The molecule has 0 amide bonds. The molecule has 0 fully saturated rings. The Labute approximate surface area is 74.2 Å². The molecule has 1 unspecified atom stereocenters. The van der Waals surface area contributed by atoms with E-state index in [1.54, 1.807) is 5.49 Å². The third kappa shape index (κ3) is 4.73. The summed E-state index contributed by atoms with van der Waals surface area (Å²) in [4.78, 5) is 0. The highest BCUT2D eigenvalue weighted by Gasteiger charge is 1.97. The summed E-state index contributed by atoms with van der Waals surface area (Å²) in [5.74, 6) is 0. The van der Waals surface area contributed by atoms with Gasteiger partial charge in [0.1, 0.15) is 0 Å². The zero-order chi connectivity index (χ0) is 8.69. The Bertz CT molecular complexity index is 170. The molecule has 0 saturated heterocycles. The number of thiocarbonyl (C=S) groups is 1. The van der Waals surface area contributed by atoms with Gasteiger partial charge in [-0.3, -0.25) is 0 Å². The number of allylic oxidation sites excluding steroid dienone is 3. The van der Waals surface area contributed by atoms with Crippen molar-refractivity contribution in [1.29, 1.82) is 0 Å². The second-order valence-corrected chi connectivity index (χ2v) is 2.68. The summed E-state index contributed by atoms with van der Waals surface area (Å²) in [5.41, 5.74) is 2.83. The van der Waals surface area contributed by atoms with Gasteiger partial charge in [-0.25, -0.2) is 0 Å². The second-order valence-electron chi connectivity index (χ2n) is 2.44. The molecule has 1 nitrogen and oxygen atoms in total. The minimum atomic E-state index is 0.337. The first-order valence-corrected chi connectivity index (χ1v) is 4.18. The van der Waals surface area contributed by atoms with Crippen LogP contribution < -0.4 is 5.32 Å². The van der Waals surface area contributed by atoms with Crippen molar-refractivity contribution in [3.8, 4) is 0 Å². The number of nitrogens with one attached hydrogen (secondary N) is 1. The first kappa shape index (κ1) is 10.4. The van der Waals surface area contributed by atoms with Crippen LogP contribution in [0.3, 0.4) is 0 Å². The fraction of sp³-hybridized carbons (Fsp3) is 0.444. The Kier molecular flexibility index (Phi) is 5.75. The van der Waals surface area contributed by atoms with Gasteiger partial charge in [0.2, 0.25) is 0 Å². The summed E-state index contributed by atoms with van der Waals surface area (Å²) in [6.45, 7) is 6.16. The van der Waals surface area contributed by atoms with E-state index >= 15 is 0 Å². The molecule has 11 heavy (non-hydrogen) atoms. The van der Waals surface area contributed by atoms with Crippen molar-refractivity contribution >= 4 is 17.7 Å². The van der Waals surface area contributed by atoms with Crippen molar-refractivity contribution in [3.05, 3.63) is 23.8 Å². The van der Waals surface area contributed by atoms with Crippen LogP contribution in [0.5, 0.6) is 0 Å². The fourth-order valence-electron chi connectivity index (χ4n) is 0.626. The van der Waals surface area contributed by atoms with Crippen LogP contribution in [0.1, 0.15) is 20.8 Å². The van der Waals surface area contributed by atoms with Crippen LogP contribution >= 0.6 is 12.2 Å². The van der Waals surface area contributed by atoms with Crippen molar-refractivity contribution < 1.29 is 0 Å². The molecule has 2 heteroatoms. The molecule has 0 aliphatic carbocycles. The van der Waals surface area contributed by atoms with Crippen molar-refractivity contribution in [2.75, 3.05) is 0 Å². The van der Waals surface area contributed by atoms with Gasteiger partial charge in [-0.05, 0) is 20.8 Å². The summed E-state index contributed by atoms with van der Waals surface area (Å²) in [6, 6.07) is 0.337. The van der Waals surface area contributed by atoms with Crippen LogP contribution in [0.4, 0.5) is 0 Å². The van der Waals surface area contributed by atoms with E-state index in [9.17, 15) is 0 Å². The maximum Gasteiger partial charge on any atom is 0.0619 e. The normalized spacial score (nSPS) is 15.0. The highest BCUT2D eigenvalue weighted by Crippen LogP contribution is 1.99. The summed E-state index contributed by atoms with van der Waals surface area (Å²) in [7, 11) is 0. The molecule has 1 N–H and O–H groups in total. The van der Waals surface area contributed by atoms with Crippen molar-refractivity contribution in [2.24, 2.45) is 0 Å². The molecule has 0 spiro atoms. The van der Waals surface area contributed by atoms with Gasteiger partial charge in [0.25, 0.3) is 0 Å². The van der Waals surface area contributed by atoms with E-state index in [1.807, 2.05) is 19.1 Å². The molecular formula is C9H15NS. The highest BCUT2D eigenvalue weighted by molar-refractivity contribution is 7.78. The molecule has 0 aromatic heterocycles. The minimum absolute atomic E-state index is 0.337. The van der Waals surface area contributed by atoms with E-state index in [1.165, 1.54) is 5.57 Å². The lowest BCUT2D eigenvalue weighted by Crippen LogP contribution is -2.24. The molecule has 0 saturated carbocycles. The average Bonchev–Trinajstić information content (AvgIpc) is 2.00. The van der Waals surface area contributed by atoms with Crippen molar-refractivity contribution in [2.45, 2.75) is 26.8 Å². The number of rotatable bonds is 4. The van der Waals surface area contributed by atoms with E-state index in [0.717, 1.165) is 0 Å². The SMILES string of the molecule is CC=CC=C(C)C(C)NC=S. The molecule has 1 atom stereocenters. The molecule has 0 aromatic rings. The summed E-state index contributed by atoms with van der Waals surface area (Å²) in [5, 5.41) is 3.04. The molecule has 0 radical (unpaired) electrons. The van der Waals surface area contributed by atoms with E-state index in [4.69, 9.17) is 0 Å². The molecule has 0 rings (SSSR count). The first-order valence-electron chi connectivity index (χ1n) is 3.71. The summed E-state index contributed by atoms with van der Waals surface area (Å²) in [6.07, 6.45) is 6.11. The Hall–Kier alpha value is -0.630. The van der Waals surface area contributed by atoms with Gasteiger partial charge in [-0.15, -0.1) is 0 Å². The zero-order valence-corrected chi connectivity index (χ0v) is 8.11. The molecule has 0 aromatic carbocycles. The largest absolute Gasteiger partial charge is 0.376 e. The Morgan fingerprint density at radius 2 is 2.18 bits per heavy atom. The lowest BCUT2D eigenvalue weighted by molar-refractivity contribution is 0.776. The number of hydrogen-bond donors (Lipinski definition) is 1. The van der Waals surface area contributed by atoms with Crippen LogP contribution in [0, 0.1) is 0 Å². The minimum Gasteiger partial charge on any atom is -0.376 e. The maximum absolute atomic E-state index is 4.68. The lowest BCUT2D eigenvalue weighted by Gasteiger charge is -2.10. The van der Waals surface area contributed by atoms with Crippen molar-refractivity contribution in [3.63, 3.8) is 0 Å². The van der Waals surface area contributed by atoms with Gasteiger partial charge in [0, 0.05) is 6.04 Å². The van der Waals surface area contributed by atoms with Crippen LogP contribution in [0.15, 0.2) is 23.8 Å². The Morgan fingerprint density at radius 3 is 2.64 bits per heavy atom. The standard InChI is InChI=1S/C9H15NS/c1-4-5-6-8(2)9(3)10-7-11/h4-7,9H,1-3H3,(H,10,11). The van der Waals surface area contributed by atoms with Gasteiger partial charge < -0.3 is 5.32 Å². The molecular weight excluding hydrogens is 154 g/mol. The van der Waals surface area contributed by atoms with Crippen LogP contribution in [-0.2, 0) is 0 Å². The fourth-order valence-corrected chi connectivity index (χ4v) is 0.830. The maximum atomic E-state index is 4.68. The monoisotopic (exact) mass is 169 g/mol. The topological polar surface area (TPSA) is 12.0 Å². The molecule has 0 aliphatic heterocycles. The van der Waals surface area contributed by atoms with Gasteiger partial charge in [-0.1, -0.05) is 36.0 Å². The van der Waals surface area contributed by atoms with E-state index in [0.29, 0.717) is 6.04 Å². The Balaban J connectivity index is 3.98. The average molecular weight is 169 g/mol. The zero-order valence-electron chi connectivity index (χ0n) is 7.29. The van der Waals surface area contributed by atoms with Crippen LogP contribution in [0.2, 0.25) is 0 Å². The first-order chi connectivity index (χ1) is 5.22.